The van der Waals surface area contributed by atoms with Gasteiger partial charge in [-0.25, -0.2) is 4.98 Å². The third-order valence-corrected chi connectivity index (χ3v) is 5.85. The van der Waals surface area contributed by atoms with Crippen LogP contribution >= 0.6 is 11.3 Å². The summed E-state index contributed by atoms with van der Waals surface area (Å²) in [7, 11) is 0. The lowest BCUT2D eigenvalue weighted by Gasteiger charge is -2.20. The van der Waals surface area contributed by atoms with Gasteiger partial charge < -0.3 is 5.32 Å². The van der Waals surface area contributed by atoms with Crippen LogP contribution in [0.2, 0.25) is 0 Å². The lowest BCUT2D eigenvalue weighted by molar-refractivity contribution is 0.102. The van der Waals surface area contributed by atoms with Crippen molar-refractivity contribution in [3.63, 3.8) is 0 Å². The Morgan fingerprint density at radius 3 is 2.84 bits per heavy atom. The number of carbonyl (C=O) groups excluding carboxylic acids is 1. The molecule has 1 saturated heterocycles. The van der Waals surface area contributed by atoms with Gasteiger partial charge in [0, 0.05) is 22.7 Å². The highest BCUT2D eigenvalue weighted by atomic mass is 32.1. The number of carbonyl (C=O) groups is 1. The van der Waals surface area contributed by atoms with Crippen LogP contribution in [0.1, 0.15) is 39.6 Å². The van der Waals surface area contributed by atoms with E-state index in [1.54, 1.807) is 17.5 Å². The van der Waals surface area contributed by atoms with Crippen LogP contribution in [0.25, 0.3) is 10.9 Å². The minimum absolute atomic E-state index is 0.151. The summed E-state index contributed by atoms with van der Waals surface area (Å²) >= 11 is 1.58. The number of thiazole rings is 1. The maximum Gasteiger partial charge on any atom is 0.259 e. The molecule has 25 heavy (non-hydrogen) atoms. The monoisotopic (exact) mass is 352 g/mol. The number of piperidine rings is 1. The van der Waals surface area contributed by atoms with E-state index in [0.717, 1.165) is 42.4 Å². The van der Waals surface area contributed by atoms with Crippen LogP contribution in [0.5, 0.6) is 0 Å². The first-order chi connectivity index (χ1) is 12.2. The van der Waals surface area contributed by atoms with Gasteiger partial charge in [-0.3, -0.25) is 15.1 Å². The van der Waals surface area contributed by atoms with Crippen LogP contribution in [0, 0.1) is 6.92 Å². The SMILES string of the molecule is Cc1c(C(=O)Nc2ncc(C3CCNCC3)s2)cnc2ccccc12. The fourth-order valence-corrected chi connectivity index (χ4v) is 4.29. The van der Waals surface area contributed by atoms with Gasteiger partial charge in [-0.05, 0) is 50.4 Å². The van der Waals surface area contributed by atoms with E-state index in [-0.39, 0.29) is 5.91 Å². The van der Waals surface area contributed by atoms with Crippen LogP contribution < -0.4 is 10.6 Å². The predicted molar refractivity (Wildman–Crippen MR) is 101 cm³/mol. The first kappa shape index (κ1) is 16.2. The van der Waals surface area contributed by atoms with Crippen LogP contribution in [0.3, 0.4) is 0 Å². The van der Waals surface area contributed by atoms with Crippen molar-refractivity contribution in [2.24, 2.45) is 0 Å². The number of pyridine rings is 1. The Kier molecular flexibility index (Phi) is 4.46. The van der Waals surface area contributed by atoms with E-state index in [1.165, 1.54) is 4.88 Å². The number of amides is 1. The summed E-state index contributed by atoms with van der Waals surface area (Å²) in [5.41, 5.74) is 2.44. The summed E-state index contributed by atoms with van der Waals surface area (Å²) in [6.45, 7) is 4.06. The second-order valence-corrected chi connectivity index (χ2v) is 7.42. The number of aryl methyl sites for hydroxylation is 1. The number of nitrogens with one attached hydrogen (secondary N) is 2. The molecule has 6 heteroatoms. The smallest absolute Gasteiger partial charge is 0.259 e. The van der Waals surface area contributed by atoms with E-state index >= 15 is 0 Å². The maximum atomic E-state index is 12.7. The fourth-order valence-electron chi connectivity index (χ4n) is 3.31. The quantitative estimate of drug-likeness (QED) is 0.754. The van der Waals surface area contributed by atoms with Crippen LogP contribution in [-0.2, 0) is 0 Å². The number of fused-ring (bicyclic) bond motifs is 1. The van der Waals surface area contributed by atoms with Gasteiger partial charge in [0.2, 0.25) is 0 Å². The summed E-state index contributed by atoms with van der Waals surface area (Å²) in [4.78, 5) is 22.7. The van der Waals surface area contributed by atoms with Crippen molar-refractivity contribution < 1.29 is 4.79 Å². The van der Waals surface area contributed by atoms with E-state index in [1.807, 2.05) is 37.4 Å². The average molecular weight is 352 g/mol. The van der Waals surface area contributed by atoms with E-state index in [9.17, 15) is 4.79 Å². The second kappa shape index (κ2) is 6.90. The lowest BCUT2D eigenvalue weighted by Crippen LogP contribution is -2.26. The van der Waals surface area contributed by atoms with Crippen molar-refractivity contribution in [3.8, 4) is 0 Å². The normalized spacial score (nSPS) is 15.4. The molecule has 1 aliphatic rings. The minimum atomic E-state index is -0.151. The van der Waals surface area contributed by atoms with Crippen molar-refractivity contribution in [1.82, 2.24) is 15.3 Å². The topological polar surface area (TPSA) is 66.9 Å². The van der Waals surface area contributed by atoms with Gasteiger partial charge in [-0.2, -0.15) is 0 Å². The molecule has 1 aliphatic heterocycles. The molecule has 3 aromatic rings. The molecule has 1 fully saturated rings. The second-order valence-electron chi connectivity index (χ2n) is 6.36. The highest BCUT2D eigenvalue weighted by Crippen LogP contribution is 2.32. The summed E-state index contributed by atoms with van der Waals surface area (Å²) in [6, 6.07) is 7.86. The summed E-state index contributed by atoms with van der Waals surface area (Å²) in [5.74, 6) is 0.399. The summed E-state index contributed by atoms with van der Waals surface area (Å²) in [5, 5.41) is 7.97. The van der Waals surface area contributed by atoms with Gasteiger partial charge in [0.1, 0.15) is 0 Å². The highest BCUT2D eigenvalue weighted by Gasteiger charge is 2.19. The molecule has 2 aromatic heterocycles. The van der Waals surface area contributed by atoms with Crippen molar-refractivity contribution in [2.45, 2.75) is 25.7 Å². The Labute approximate surface area is 150 Å². The summed E-state index contributed by atoms with van der Waals surface area (Å²) < 4.78 is 0. The van der Waals surface area contributed by atoms with Crippen molar-refractivity contribution in [3.05, 3.63) is 52.7 Å². The predicted octanol–water partition coefficient (Wildman–Crippen LogP) is 3.72. The molecule has 0 spiro atoms. The van der Waals surface area contributed by atoms with E-state index in [4.69, 9.17) is 0 Å². The third-order valence-electron chi connectivity index (χ3n) is 4.77. The zero-order valence-electron chi connectivity index (χ0n) is 14.1. The number of hydrogen-bond donors (Lipinski definition) is 2. The molecule has 0 aliphatic carbocycles. The Morgan fingerprint density at radius 1 is 1.20 bits per heavy atom. The number of anilines is 1. The molecule has 1 amide bonds. The minimum Gasteiger partial charge on any atom is -0.317 e. The van der Waals surface area contributed by atoms with Gasteiger partial charge in [-0.1, -0.05) is 18.2 Å². The molecular weight excluding hydrogens is 332 g/mol. The van der Waals surface area contributed by atoms with Crippen molar-refractivity contribution in [2.75, 3.05) is 18.4 Å². The number of rotatable bonds is 3. The standard InChI is InChI=1S/C19H20N4OS/c1-12-14-4-2-3-5-16(14)21-10-15(12)18(24)23-19-22-11-17(25-19)13-6-8-20-9-7-13/h2-5,10-11,13,20H,6-9H2,1H3,(H,22,23,24). The lowest BCUT2D eigenvalue weighted by atomic mass is 9.97. The molecule has 5 nitrogen and oxygen atoms in total. The number of para-hydroxylation sites is 1. The van der Waals surface area contributed by atoms with Crippen molar-refractivity contribution >= 4 is 33.3 Å². The molecule has 1 aromatic carbocycles. The van der Waals surface area contributed by atoms with Gasteiger partial charge in [0.05, 0.1) is 11.1 Å². The number of hydrogen-bond acceptors (Lipinski definition) is 5. The molecule has 2 N–H and O–H groups in total. The first-order valence-corrected chi connectivity index (χ1v) is 9.36. The van der Waals surface area contributed by atoms with Gasteiger partial charge in [0.15, 0.2) is 5.13 Å². The number of benzene rings is 1. The number of nitrogens with zero attached hydrogens (tertiary/aromatic N) is 2. The third kappa shape index (κ3) is 3.27. The Balaban J connectivity index is 1.54. The number of aromatic nitrogens is 2. The largest absolute Gasteiger partial charge is 0.317 e. The van der Waals surface area contributed by atoms with Crippen LogP contribution in [0.4, 0.5) is 5.13 Å². The molecule has 0 saturated carbocycles. The average Bonchev–Trinajstić information content (AvgIpc) is 3.11. The van der Waals surface area contributed by atoms with E-state index in [0.29, 0.717) is 16.6 Å². The fraction of sp³-hybridized carbons (Fsp3) is 0.316. The van der Waals surface area contributed by atoms with Crippen LogP contribution in [0.15, 0.2) is 36.7 Å². The molecule has 0 bridgehead atoms. The molecule has 4 rings (SSSR count). The van der Waals surface area contributed by atoms with Gasteiger partial charge >= 0.3 is 0 Å². The highest BCUT2D eigenvalue weighted by molar-refractivity contribution is 7.15. The van der Waals surface area contributed by atoms with E-state index in [2.05, 4.69) is 20.6 Å². The zero-order valence-corrected chi connectivity index (χ0v) is 14.9. The van der Waals surface area contributed by atoms with Crippen LogP contribution in [-0.4, -0.2) is 29.0 Å². The molecule has 0 unspecified atom stereocenters. The Hall–Kier alpha value is -2.31. The first-order valence-electron chi connectivity index (χ1n) is 8.54. The van der Waals surface area contributed by atoms with Crippen molar-refractivity contribution in [1.29, 1.82) is 0 Å². The molecule has 128 valence electrons. The van der Waals surface area contributed by atoms with Gasteiger partial charge in [-0.15, -0.1) is 11.3 Å². The summed E-state index contributed by atoms with van der Waals surface area (Å²) in [6.07, 6.45) is 5.81. The molecule has 0 atom stereocenters. The maximum absolute atomic E-state index is 12.7. The molecule has 0 radical (unpaired) electrons. The molecule has 3 heterocycles. The Morgan fingerprint density at radius 2 is 2.00 bits per heavy atom. The molecular formula is C19H20N4OS. The Bertz CT molecular complexity index is 915. The zero-order chi connectivity index (χ0) is 17.2. The van der Waals surface area contributed by atoms with E-state index < -0.39 is 0 Å². The van der Waals surface area contributed by atoms with Gasteiger partial charge in [0.25, 0.3) is 5.91 Å².